The van der Waals surface area contributed by atoms with Crippen molar-refractivity contribution in [2.45, 2.75) is 11.5 Å². The second-order valence-corrected chi connectivity index (χ2v) is 5.92. The molecule has 0 atom stereocenters. The van der Waals surface area contributed by atoms with E-state index in [2.05, 4.69) is 10.1 Å². The van der Waals surface area contributed by atoms with Crippen LogP contribution in [-0.4, -0.2) is 38.5 Å². The highest BCUT2D eigenvalue weighted by molar-refractivity contribution is 7.98. The van der Waals surface area contributed by atoms with Gasteiger partial charge in [-0.1, -0.05) is 12.1 Å². The summed E-state index contributed by atoms with van der Waals surface area (Å²) in [6, 6.07) is 10.8. The Hall–Kier alpha value is -2.81. The van der Waals surface area contributed by atoms with Crippen LogP contribution in [-0.2, 0) is 9.53 Å². The van der Waals surface area contributed by atoms with Gasteiger partial charge in [-0.3, -0.25) is 4.79 Å². The van der Waals surface area contributed by atoms with Crippen LogP contribution in [0.15, 0.2) is 47.4 Å². The van der Waals surface area contributed by atoms with Crippen molar-refractivity contribution in [1.29, 1.82) is 0 Å². The third-order valence-corrected chi connectivity index (χ3v) is 4.13. The zero-order valence-corrected chi connectivity index (χ0v) is 15.3. The molecule has 0 saturated carbocycles. The van der Waals surface area contributed by atoms with E-state index in [-0.39, 0.29) is 17.1 Å². The van der Waals surface area contributed by atoms with Gasteiger partial charge in [0.15, 0.2) is 18.1 Å². The maximum absolute atomic E-state index is 12.3. The third-order valence-electron chi connectivity index (χ3n) is 3.33. The number of esters is 1. The highest BCUT2D eigenvalue weighted by Crippen LogP contribution is 2.29. The van der Waals surface area contributed by atoms with Crippen LogP contribution >= 0.6 is 11.8 Å². The number of methoxy groups -OCH3 is 1. The number of amides is 1. The maximum Gasteiger partial charge on any atom is 0.387 e. The minimum Gasteiger partial charge on any atom is -0.493 e. The molecule has 2 aromatic carbocycles. The van der Waals surface area contributed by atoms with E-state index in [0.29, 0.717) is 5.69 Å². The van der Waals surface area contributed by atoms with Crippen molar-refractivity contribution in [2.24, 2.45) is 0 Å². The lowest BCUT2D eigenvalue weighted by Crippen LogP contribution is -2.21. The molecular weight excluding hydrogens is 380 g/mol. The Morgan fingerprint density at radius 3 is 2.56 bits per heavy atom. The van der Waals surface area contributed by atoms with Crippen LogP contribution in [0.5, 0.6) is 11.5 Å². The lowest BCUT2D eigenvalue weighted by molar-refractivity contribution is -0.119. The van der Waals surface area contributed by atoms with Crippen LogP contribution in [0, 0.1) is 0 Å². The summed E-state index contributed by atoms with van der Waals surface area (Å²) < 4.78 is 38.8. The van der Waals surface area contributed by atoms with Crippen LogP contribution in [0.2, 0.25) is 0 Å². The van der Waals surface area contributed by atoms with Gasteiger partial charge >= 0.3 is 12.6 Å². The van der Waals surface area contributed by atoms with Gasteiger partial charge in [0.25, 0.3) is 5.91 Å². The molecule has 0 spiro atoms. The summed E-state index contributed by atoms with van der Waals surface area (Å²) in [6.45, 7) is -3.52. The fourth-order valence-electron chi connectivity index (χ4n) is 2.14. The smallest absolute Gasteiger partial charge is 0.387 e. The van der Waals surface area contributed by atoms with E-state index >= 15 is 0 Å². The summed E-state index contributed by atoms with van der Waals surface area (Å²) >= 11 is 1.47. The number of carbonyl (C=O) groups excluding carboxylic acids is 2. The summed E-state index contributed by atoms with van der Waals surface area (Å²) in [5, 5.41) is 2.66. The number of anilines is 1. The summed E-state index contributed by atoms with van der Waals surface area (Å²) in [6.07, 6.45) is 1.87. The van der Waals surface area contributed by atoms with Gasteiger partial charge in [0.05, 0.1) is 18.4 Å². The Kier molecular flexibility index (Phi) is 7.42. The number of alkyl halides is 2. The Morgan fingerprint density at radius 2 is 1.89 bits per heavy atom. The molecule has 0 fully saturated rings. The van der Waals surface area contributed by atoms with Crippen LogP contribution < -0.4 is 14.8 Å². The SMILES string of the molecule is COc1cc(C(=O)OCC(=O)Nc2ccccc2SC)ccc1OC(F)F. The second kappa shape index (κ2) is 9.77. The van der Waals surface area contributed by atoms with Crippen LogP contribution in [0.3, 0.4) is 0 Å². The normalized spacial score (nSPS) is 10.4. The molecular formula is C18H17F2NO5S. The molecule has 144 valence electrons. The van der Waals surface area contributed by atoms with E-state index in [9.17, 15) is 18.4 Å². The first kappa shape index (κ1) is 20.5. The molecule has 0 aliphatic heterocycles. The molecule has 0 aromatic heterocycles. The van der Waals surface area contributed by atoms with Crippen molar-refractivity contribution in [3.05, 3.63) is 48.0 Å². The topological polar surface area (TPSA) is 73.9 Å². The fraction of sp³-hybridized carbons (Fsp3) is 0.222. The molecule has 1 amide bonds. The van der Waals surface area contributed by atoms with Crippen LogP contribution in [0.1, 0.15) is 10.4 Å². The monoisotopic (exact) mass is 397 g/mol. The number of hydrogen-bond donors (Lipinski definition) is 1. The number of halogens is 2. The minimum atomic E-state index is -3.02. The largest absolute Gasteiger partial charge is 0.493 e. The predicted octanol–water partition coefficient (Wildman–Crippen LogP) is 3.81. The summed E-state index contributed by atoms with van der Waals surface area (Å²) in [5.41, 5.74) is 0.645. The zero-order valence-electron chi connectivity index (χ0n) is 14.5. The first-order chi connectivity index (χ1) is 12.9. The summed E-state index contributed by atoms with van der Waals surface area (Å²) in [4.78, 5) is 24.9. The number of rotatable bonds is 8. The van der Waals surface area contributed by atoms with Gasteiger partial charge in [-0.05, 0) is 36.6 Å². The van der Waals surface area contributed by atoms with Crippen molar-refractivity contribution in [1.82, 2.24) is 0 Å². The molecule has 2 rings (SSSR count). The molecule has 0 radical (unpaired) electrons. The average molecular weight is 397 g/mol. The number of benzene rings is 2. The van der Waals surface area contributed by atoms with E-state index in [1.165, 1.54) is 31.0 Å². The molecule has 0 aliphatic rings. The molecule has 0 bridgehead atoms. The highest BCUT2D eigenvalue weighted by atomic mass is 32.2. The van der Waals surface area contributed by atoms with Gasteiger partial charge in [0, 0.05) is 4.90 Å². The van der Waals surface area contributed by atoms with E-state index in [1.807, 2.05) is 18.4 Å². The second-order valence-electron chi connectivity index (χ2n) is 5.07. The molecule has 0 saturated heterocycles. The number of para-hydroxylation sites is 1. The van der Waals surface area contributed by atoms with E-state index in [1.54, 1.807) is 12.1 Å². The summed E-state index contributed by atoms with van der Waals surface area (Å²) in [7, 11) is 1.25. The number of carbonyl (C=O) groups is 2. The van der Waals surface area contributed by atoms with Crippen molar-refractivity contribution in [3.63, 3.8) is 0 Å². The first-order valence-electron chi connectivity index (χ1n) is 7.67. The fourth-order valence-corrected chi connectivity index (χ4v) is 2.69. The Balaban J connectivity index is 1.97. The quantitative estimate of drug-likeness (QED) is 0.539. The zero-order chi connectivity index (χ0) is 19.8. The number of ether oxygens (including phenoxy) is 3. The lowest BCUT2D eigenvalue weighted by Gasteiger charge is -2.12. The van der Waals surface area contributed by atoms with Gasteiger partial charge in [0.2, 0.25) is 0 Å². The highest BCUT2D eigenvalue weighted by Gasteiger charge is 2.16. The molecule has 1 N–H and O–H groups in total. The minimum absolute atomic E-state index is 0.0331. The van der Waals surface area contributed by atoms with E-state index < -0.39 is 25.1 Å². The van der Waals surface area contributed by atoms with Crippen LogP contribution in [0.25, 0.3) is 0 Å². The van der Waals surface area contributed by atoms with Crippen molar-refractivity contribution in [3.8, 4) is 11.5 Å². The number of thioether (sulfide) groups is 1. The van der Waals surface area contributed by atoms with Gasteiger partial charge in [-0.15, -0.1) is 11.8 Å². The molecule has 27 heavy (non-hydrogen) atoms. The first-order valence-corrected chi connectivity index (χ1v) is 8.90. The summed E-state index contributed by atoms with van der Waals surface area (Å²) in [5.74, 6) is -1.57. The van der Waals surface area contributed by atoms with Crippen LogP contribution in [0.4, 0.5) is 14.5 Å². The van der Waals surface area contributed by atoms with Crippen molar-refractivity contribution < 1.29 is 32.6 Å². The Bertz CT molecular complexity index is 816. The van der Waals surface area contributed by atoms with Gasteiger partial charge < -0.3 is 19.5 Å². The Labute approximate surface area is 158 Å². The van der Waals surface area contributed by atoms with E-state index in [0.717, 1.165) is 11.0 Å². The molecule has 0 heterocycles. The van der Waals surface area contributed by atoms with E-state index in [4.69, 9.17) is 9.47 Å². The lowest BCUT2D eigenvalue weighted by atomic mass is 10.2. The molecule has 2 aromatic rings. The molecule has 6 nitrogen and oxygen atoms in total. The Morgan fingerprint density at radius 1 is 1.15 bits per heavy atom. The number of hydrogen-bond acceptors (Lipinski definition) is 6. The molecule has 9 heteroatoms. The maximum atomic E-state index is 12.3. The van der Waals surface area contributed by atoms with Crippen molar-refractivity contribution in [2.75, 3.05) is 25.3 Å². The van der Waals surface area contributed by atoms with Gasteiger partial charge in [-0.25, -0.2) is 4.79 Å². The average Bonchev–Trinajstić information content (AvgIpc) is 2.66. The number of nitrogens with one attached hydrogen (secondary N) is 1. The third kappa shape index (κ3) is 5.85. The van der Waals surface area contributed by atoms with Gasteiger partial charge in [-0.2, -0.15) is 8.78 Å². The molecule has 0 aliphatic carbocycles. The standard InChI is InChI=1S/C18H17F2NO5S/c1-24-14-9-11(7-8-13(14)26-18(19)20)17(23)25-10-16(22)21-12-5-3-4-6-15(12)27-2/h3-9,18H,10H2,1-2H3,(H,21,22). The predicted molar refractivity (Wildman–Crippen MR) is 96.8 cm³/mol. The van der Waals surface area contributed by atoms with Crippen molar-refractivity contribution >= 4 is 29.3 Å². The molecule has 0 unspecified atom stereocenters. The van der Waals surface area contributed by atoms with Gasteiger partial charge in [0.1, 0.15) is 0 Å².